The Morgan fingerprint density at radius 3 is 2.25 bits per heavy atom. The van der Waals surface area contributed by atoms with Gasteiger partial charge in [-0.1, -0.05) is 53.6 Å². The maximum absolute atomic E-state index is 13.5. The van der Waals surface area contributed by atoms with Gasteiger partial charge in [0.25, 0.3) is 10.0 Å². The fourth-order valence-electron chi connectivity index (χ4n) is 3.68. The molecular formula is C25H27ClN2O3S. The van der Waals surface area contributed by atoms with Gasteiger partial charge < -0.3 is 5.32 Å². The molecule has 168 valence electrons. The summed E-state index contributed by atoms with van der Waals surface area (Å²) in [6.07, 6.45) is 0. The molecule has 1 amide bonds. The molecule has 0 spiro atoms. The zero-order valence-corrected chi connectivity index (χ0v) is 20.2. The van der Waals surface area contributed by atoms with Gasteiger partial charge in [0.1, 0.15) is 6.54 Å². The molecule has 0 heterocycles. The van der Waals surface area contributed by atoms with Gasteiger partial charge in [0.15, 0.2) is 0 Å². The summed E-state index contributed by atoms with van der Waals surface area (Å²) in [5, 5.41) is 3.38. The number of halogens is 1. The molecule has 0 unspecified atom stereocenters. The van der Waals surface area contributed by atoms with Gasteiger partial charge in [0, 0.05) is 5.02 Å². The summed E-state index contributed by atoms with van der Waals surface area (Å²) in [5.41, 5.74) is 4.41. The van der Waals surface area contributed by atoms with E-state index in [2.05, 4.69) is 11.4 Å². The lowest BCUT2D eigenvalue weighted by molar-refractivity contribution is -0.120. The van der Waals surface area contributed by atoms with Crippen LogP contribution in [0.3, 0.4) is 0 Å². The molecule has 0 aliphatic carbocycles. The second-order valence-corrected chi connectivity index (χ2v) is 10.2. The lowest BCUT2D eigenvalue weighted by atomic mass is 10.0. The molecule has 5 nitrogen and oxygen atoms in total. The van der Waals surface area contributed by atoms with Crippen LogP contribution < -0.4 is 9.62 Å². The number of nitrogens with zero attached hydrogens (tertiary/aromatic N) is 1. The van der Waals surface area contributed by atoms with Crippen molar-refractivity contribution in [3.8, 4) is 0 Å². The van der Waals surface area contributed by atoms with Gasteiger partial charge >= 0.3 is 0 Å². The predicted molar refractivity (Wildman–Crippen MR) is 130 cm³/mol. The summed E-state index contributed by atoms with van der Waals surface area (Å²) in [6.45, 7) is 7.37. The third-order valence-corrected chi connectivity index (χ3v) is 7.37. The summed E-state index contributed by atoms with van der Waals surface area (Å²) in [7, 11) is -3.99. The van der Waals surface area contributed by atoms with Crippen molar-refractivity contribution >= 4 is 33.2 Å². The van der Waals surface area contributed by atoms with Crippen molar-refractivity contribution in [2.24, 2.45) is 0 Å². The van der Waals surface area contributed by atoms with Crippen molar-refractivity contribution in [1.82, 2.24) is 5.32 Å². The second kappa shape index (κ2) is 9.76. The van der Waals surface area contributed by atoms with E-state index in [9.17, 15) is 13.2 Å². The normalized spacial score (nSPS) is 12.3. The maximum Gasteiger partial charge on any atom is 0.264 e. The molecule has 0 radical (unpaired) electrons. The highest BCUT2D eigenvalue weighted by atomic mass is 35.5. The molecule has 3 rings (SSSR count). The summed E-state index contributed by atoms with van der Waals surface area (Å²) >= 11 is 5.93. The third kappa shape index (κ3) is 5.31. The lowest BCUT2D eigenvalue weighted by Crippen LogP contribution is -2.42. The SMILES string of the molecule is Cc1ccc([C@@H](C)NC(=O)CN(c2ccccc2C)S(=O)(=O)c2ccc(Cl)cc2)c(C)c1. The van der Waals surface area contributed by atoms with Crippen LogP contribution >= 0.6 is 11.6 Å². The average Bonchev–Trinajstić information content (AvgIpc) is 2.72. The highest BCUT2D eigenvalue weighted by Crippen LogP contribution is 2.27. The molecule has 0 saturated heterocycles. The van der Waals surface area contributed by atoms with Crippen LogP contribution in [0.15, 0.2) is 71.6 Å². The lowest BCUT2D eigenvalue weighted by Gasteiger charge is -2.26. The average molecular weight is 471 g/mol. The number of anilines is 1. The second-order valence-electron chi connectivity index (χ2n) is 7.90. The van der Waals surface area contributed by atoms with Gasteiger partial charge in [-0.15, -0.1) is 0 Å². The molecule has 0 fully saturated rings. The minimum atomic E-state index is -3.99. The number of nitrogens with one attached hydrogen (secondary N) is 1. The number of benzene rings is 3. The molecule has 7 heteroatoms. The minimum absolute atomic E-state index is 0.0698. The zero-order valence-electron chi connectivity index (χ0n) is 18.6. The maximum atomic E-state index is 13.5. The number of amides is 1. The summed E-state index contributed by atoms with van der Waals surface area (Å²) < 4.78 is 28.1. The predicted octanol–water partition coefficient (Wildman–Crippen LogP) is 5.34. The monoisotopic (exact) mass is 470 g/mol. The van der Waals surface area contributed by atoms with E-state index in [1.54, 1.807) is 12.1 Å². The Labute approximate surface area is 195 Å². The van der Waals surface area contributed by atoms with E-state index in [1.807, 2.05) is 52.0 Å². The van der Waals surface area contributed by atoms with Gasteiger partial charge in [0.05, 0.1) is 16.6 Å². The smallest absolute Gasteiger partial charge is 0.264 e. The van der Waals surface area contributed by atoms with Gasteiger partial charge in [-0.05, 0) is 74.7 Å². The molecule has 0 aliphatic rings. The Balaban J connectivity index is 1.91. The number of carbonyl (C=O) groups is 1. The standard InChI is InChI=1S/C25H27ClN2O3S/c1-17-9-14-23(19(3)15-17)20(4)27-25(29)16-28(24-8-6-5-7-18(24)2)32(30,31)22-12-10-21(26)11-13-22/h5-15,20H,16H2,1-4H3,(H,27,29)/t20-/m1/s1. The van der Waals surface area contributed by atoms with Gasteiger partial charge in [-0.3, -0.25) is 9.10 Å². The summed E-state index contributed by atoms with van der Waals surface area (Å²) in [6, 6.07) is 18.8. The zero-order chi connectivity index (χ0) is 23.5. The molecule has 32 heavy (non-hydrogen) atoms. The largest absolute Gasteiger partial charge is 0.348 e. The highest BCUT2D eigenvalue weighted by molar-refractivity contribution is 7.92. The quantitative estimate of drug-likeness (QED) is 0.507. The molecule has 1 N–H and O–H groups in total. The van der Waals surface area contributed by atoms with E-state index in [0.29, 0.717) is 10.7 Å². The van der Waals surface area contributed by atoms with Gasteiger partial charge in [-0.25, -0.2) is 8.42 Å². The van der Waals surface area contributed by atoms with Crippen LogP contribution in [0.1, 0.15) is 35.2 Å². The molecule has 0 saturated carbocycles. The first-order valence-corrected chi connectivity index (χ1v) is 12.1. The Morgan fingerprint density at radius 1 is 0.969 bits per heavy atom. The van der Waals surface area contributed by atoms with Crippen molar-refractivity contribution < 1.29 is 13.2 Å². The first-order valence-electron chi connectivity index (χ1n) is 10.3. The van der Waals surface area contributed by atoms with Crippen molar-refractivity contribution in [2.75, 3.05) is 10.8 Å². The van der Waals surface area contributed by atoms with Crippen LogP contribution in [0, 0.1) is 20.8 Å². The number of carbonyl (C=O) groups excluding carboxylic acids is 1. The third-order valence-electron chi connectivity index (χ3n) is 5.34. The minimum Gasteiger partial charge on any atom is -0.348 e. The first kappa shape index (κ1) is 23.8. The van der Waals surface area contributed by atoms with E-state index >= 15 is 0 Å². The van der Waals surface area contributed by atoms with E-state index < -0.39 is 15.9 Å². The topological polar surface area (TPSA) is 66.5 Å². The van der Waals surface area contributed by atoms with Crippen LogP contribution in [-0.4, -0.2) is 20.9 Å². The molecule has 0 bridgehead atoms. The highest BCUT2D eigenvalue weighted by Gasteiger charge is 2.28. The fraction of sp³-hybridized carbons (Fsp3) is 0.240. The summed E-state index contributed by atoms with van der Waals surface area (Å²) in [5.74, 6) is -0.390. The Kier molecular flexibility index (Phi) is 7.26. The summed E-state index contributed by atoms with van der Waals surface area (Å²) in [4.78, 5) is 13.1. The molecule has 3 aromatic carbocycles. The van der Waals surface area contributed by atoms with Crippen LogP contribution in [0.4, 0.5) is 5.69 Å². The van der Waals surface area contributed by atoms with Gasteiger partial charge in [0.2, 0.25) is 5.91 Å². The van der Waals surface area contributed by atoms with Crippen molar-refractivity contribution in [3.05, 3.63) is 94.0 Å². The first-order chi connectivity index (χ1) is 15.1. The van der Waals surface area contributed by atoms with Crippen molar-refractivity contribution in [3.63, 3.8) is 0 Å². The van der Waals surface area contributed by atoms with Crippen molar-refractivity contribution in [1.29, 1.82) is 0 Å². The molecule has 1 atom stereocenters. The number of hydrogen-bond acceptors (Lipinski definition) is 3. The van der Waals surface area contributed by atoms with Crippen molar-refractivity contribution in [2.45, 2.75) is 38.6 Å². The number of aryl methyl sites for hydroxylation is 3. The Hall–Kier alpha value is -2.83. The number of para-hydroxylation sites is 1. The number of rotatable bonds is 7. The van der Waals surface area contributed by atoms with E-state index in [0.717, 1.165) is 26.6 Å². The van der Waals surface area contributed by atoms with Crippen LogP contribution in [0.5, 0.6) is 0 Å². The van der Waals surface area contributed by atoms with E-state index in [1.165, 1.54) is 24.3 Å². The number of sulfonamides is 1. The Morgan fingerprint density at radius 2 is 1.62 bits per heavy atom. The fourth-order valence-corrected chi connectivity index (χ4v) is 5.29. The molecule has 0 aliphatic heterocycles. The van der Waals surface area contributed by atoms with Gasteiger partial charge in [-0.2, -0.15) is 0 Å². The van der Waals surface area contributed by atoms with Crippen LogP contribution in [0.25, 0.3) is 0 Å². The van der Waals surface area contributed by atoms with E-state index in [4.69, 9.17) is 11.6 Å². The molecule has 0 aromatic heterocycles. The Bertz CT molecular complexity index is 1220. The van der Waals surface area contributed by atoms with Crippen LogP contribution in [-0.2, 0) is 14.8 Å². The molecule has 3 aromatic rings. The number of hydrogen-bond donors (Lipinski definition) is 1. The van der Waals surface area contributed by atoms with E-state index in [-0.39, 0.29) is 17.5 Å². The molecular weight excluding hydrogens is 444 g/mol. The van der Waals surface area contributed by atoms with Crippen LogP contribution in [0.2, 0.25) is 5.02 Å².